The van der Waals surface area contributed by atoms with Gasteiger partial charge in [-0.15, -0.1) is 0 Å². The standard InChI is InChI=1S/C23H16FN5O2.C22H15FN4O2.C22H15N3O.C17H13N5O/c1-31-20-9-16(4-5-18(20)24)29-21(30)7-3-14-10-26-19-6-2-13(8-17(19)22(14)29)15-11-27-23(25)28-12-15;1-29-20-9-16(4-5-18(20)23)27-21(28)7-3-14-10-24-19-6-2-13(8-17(19)22(14)27)15-11-25-26-12-15;1-25-21(26)9-7-16-12-24-20-8-6-14(11-18(20)22(16)25)17-10-15-4-2-3-5-19(15)23-13-17;1-22-15(23)5-3-11-7-19-14-4-2-10(6-13(14)16(11)22)12-8-20-17(18)21-9-12/h2-12H,1H3,(H2,25,27,28);2-12H,1H3,(H,25,26);2-13H,1H3;2-9H,1H3,(H2,18,20,21). The van der Waals surface area contributed by atoms with Crippen molar-refractivity contribution in [2.75, 3.05) is 25.7 Å². The lowest BCUT2D eigenvalue weighted by Gasteiger charge is -2.14. The van der Waals surface area contributed by atoms with Crippen LogP contribution in [0.1, 0.15) is 0 Å². The first-order chi connectivity index (χ1) is 53.0. The second-order valence-corrected chi connectivity index (χ2v) is 25.4. The molecule has 0 aliphatic carbocycles. The first-order valence-electron chi connectivity index (χ1n) is 33.9. The highest BCUT2D eigenvalue weighted by molar-refractivity contribution is 6.08. The Morgan fingerprint density at radius 3 is 1.11 bits per heavy atom. The number of anilines is 2. The number of rotatable bonds is 8. The largest absolute Gasteiger partial charge is 0.494 e. The van der Waals surface area contributed by atoms with Crippen LogP contribution in [0.2, 0.25) is 0 Å². The van der Waals surface area contributed by atoms with Crippen LogP contribution in [0.25, 0.3) is 154 Å². The van der Waals surface area contributed by atoms with Crippen molar-refractivity contribution in [3.8, 4) is 67.4 Å². The zero-order chi connectivity index (χ0) is 75.1. The van der Waals surface area contributed by atoms with Crippen molar-refractivity contribution in [3.63, 3.8) is 0 Å². The fraction of sp³-hybridized carbons (Fsp3) is 0.0476. The molecule has 19 aromatic rings. The zero-order valence-corrected chi connectivity index (χ0v) is 58.4. The predicted molar refractivity (Wildman–Crippen MR) is 421 cm³/mol. The Kier molecular flexibility index (Phi) is 17.8. The molecule has 0 fully saturated rings. The summed E-state index contributed by atoms with van der Waals surface area (Å²) in [5.41, 5.74) is 26.2. The quantitative estimate of drug-likeness (QED) is 0.119. The summed E-state index contributed by atoms with van der Waals surface area (Å²) in [6.07, 6.45) is 19.1. The minimum atomic E-state index is -0.503. The highest BCUT2D eigenvalue weighted by Crippen LogP contribution is 2.35. The first kappa shape index (κ1) is 68.3. The number of nitrogens with two attached hydrogens (primary N) is 2. The van der Waals surface area contributed by atoms with E-state index in [4.69, 9.17) is 20.9 Å². The van der Waals surface area contributed by atoms with Crippen molar-refractivity contribution < 1.29 is 18.3 Å². The Hall–Kier alpha value is -15.1. The highest BCUT2D eigenvalue weighted by atomic mass is 19.1. The average Bonchev–Trinajstić information content (AvgIpc) is 0.896. The monoisotopic (exact) mass is 1440 g/mol. The van der Waals surface area contributed by atoms with Gasteiger partial charge in [-0.25, -0.2) is 28.7 Å². The highest BCUT2D eigenvalue weighted by Gasteiger charge is 2.18. The molecule has 12 heterocycles. The third-order valence-corrected chi connectivity index (χ3v) is 18.9. The van der Waals surface area contributed by atoms with Gasteiger partial charge in [0, 0.05) is 183 Å². The Morgan fingerprint density at radius 1 is 0.330 bits per heavy atom. The smallest absolute Gasteiger partial charge is 0.255 e. The van der Waals surface area contributed by atoms with E-state index in [2.05, 4.69) is 73.3 Å². The Labute approximate surface area is 615 Å². The van der Waals surface area contributed by atoms with Gasteiger partial charge in [0.15, 0.2) is 23.1 Å². The number of hydrogen-bond acceptors (Lipinski definition) is 18. The Bertz CT molecular complexity index is 7100. The van der Waals surface area contributed by atoms with Gasteiger partial charge in [-0.1, -0.05) is 42.5 Å². The van der Waals surface area contributed by atoms with Crippen LogP contribution in [0.5, 0.6) is 11.5 Å². The maximum Gasteiger partial charge on any atom is 0.255 e. The molecule has 5 N–H and O–H groups in total. The van der Waals surface area contributed by atoms with E-state index in [9.17, 15) is 28.0 Å². The van der Waals surface area contributed by atoms with Gasteiger partial charge in [0.2, 0.25) is 11.9 Å². The number of ether oxygens (including phenoxy) is 2. The maximum absolute atomic E-state index is 14.0. The molecule has 0 spiro atoms. The lowest BCUT2D eigenvalue weighted by atomic mass is 10.0. The molecule has 0 amide bonds. The van der Waals surface area contributed by atoms with Gasteiger partial charge in [0.05, 0.1) is 81.4 Å². The van der Waals surface area contributed by atoms with E-state index in [0.29, 0.717) is 27.9 Å². The minimum absolute atomic E-state index is 0.0252. The summed E-state index contributed by atoms with van der Waals surface area (Å²) in [7, 11) is 6.34. The van der Waals surface area contributed by atoms with Crippen molar-refractivity contribution in [3.05, 3.63) is 309 Å². The molecule has 0 unspecified atom stereocenters. The van der Waals surface area contributed by atoms with E-state index in [1.54, 1.807) is 126 Å². The van der Waals surface area contributed by atoms with Gasteiger partial charge >= 0.3 is 0 Å². The number of methoxy groups -OCH3 is 2. The summed E-state index contributed by atoms with van der Waals surface area (Å²) in [6, 6.07) is 55.6. The van der Waals surface area contributed by atoms with Crippen molar-refractivity contribution in [2.24, 2.45) is 14.1 Å². The number of hydrogen-bond donors (Lipinski definition) is 3. The fourth-order valence-electron chi connectivity index (χ4n) is 13.4. The fourth-order valence-corrected chi connectivity index (χ4v) is 13.4. The topological polar surface area (TPSA) is 303 Å². The zero-order valence-electron chi connectivity index (χ0n) is 58.4. The molecule has 0 saturated carbocycles. The van der Waals surface area contributed by atoms with E-state index in [1.165, 1.54) is 55.2 Å². The molecule has 0 radical (unpaired) electrons. The molecule has 0 aliphatic rings. The average molecular weight is 1440 g/mol. The number of nitrogen functional groups attached to an aromatic ring is 2. The molecule has 12 aromatic heterocycles. The first-order valence-corrected chi connectivity index (χ1v) is 33.9. The van der Waals surface area contributed by atoms with Gasteiger partial charge in [-0.05, 0) is 131 Å². The number of aryl methyl sites for hydroxylation is 2. The summed E-state index contributed by atoms with van der Waals surface area (Å²) in [5.74, 6) is -0.432. The SMILES string of the molecule is COc1cc(-n2c(=O)ccc3cnc4ccc(-c5cn[nH]c5)cc4c32)ccc1F.COc1cc(-n2c(=O)ccc3cnc4ccc(-c5cnc(N)nc5)cc4c32)ccc1F.Cn1c(=O)ccc2cnc3ccc(-c4cnc(N)nc4)cc3c21.Cn1c(=O)ccc2cnc3ccc(-c4cnc5ccccc5c4)cc3c21. The van der Waals surface area contributed by atoms with E-state index < -0.39 is 11.6 Å². The Balaban J connectivity index is 0.000000111. The molecule has 0 atom stereocenters. The molecule has 19 rings (SSSR count). The molecule has 530 valence electrons. The molecule has 25 heteroatoms. The van der Waals surface area contributed by atoms with Gasteiger partial charge in [-0.2, -0.15) is 5.10 Å². The van der Waals surface area contributed by atoms with E-state index >= 15 is 0 Å². The summed E-state index contributed by atoms with van der Waals surface area (Å²) >= 11 is 0. The van der Waals surface area contributed by atoms with Crippen molar-refractivity contribution in [1.82, 2.24) is 73.3 Å². The van der Waals surface area contributed by atoms with E-state index in [0.717, 1.165) is 126 Å². The summed E-state index contributed by atoms with van der Waals surface area (Å²) in [5, 5.41) is 14.8. The van der Waals surface area contributed by atoms with Crippen LogP contribution < -0.4 is 43.2 Å². The number of halogens is 2. The second kappa shape index (κ2) is 28.5. The number of nitrogens with one attached hydrogen (secondary N) is 1. The summed E-state index contributed by atoms with van der Waals surface area (Å²) in [4.78, 5) is 88.6. The number of aromatic amines is 1. The normalized spacial score (nSPS) is 11.2. The molecular formula is C84H59F2N17O6. The second-order valence-electron chi connectivity index (χ2n) is 25.4. The van der Waals surface area contributed by atoms with Crippen molar-refractivity contribution in [2.45, 2.75) is 0 Å². The molecular weight excluding hydrogens is 1380 g/mol. The van der Waals surface area contributed by atoms with Crippen molar-refractivity contribution >= 4 is 110 Å². The minimum Gasteiger partial charge on any atom is -0.494 e. The molecule has 0 aliphatic heterocycles. The van der Waals surface area contributed by atoms with Gasteiger partial charge in [-0.3, -0.25) is 58.3 Å². The van der Waals surface area contributed by atoms with Crippen LogP contribution in [0.3, 0.4) is 0 Å². The maximum atomic E-state index is 14.0. The number of pyridine rings is 9. The number of para-hydroxylation sites is 1. The molecule has 7 aromatic carbocycles. The number of aromatic nitrogens is 15. The summed E-state index contributed by atoms with van der Waals surface area (Å²) in [6.45, 7) is 0. The molecule has 109 heavy (non-hydrogen) atoms. The number of benzene rings is 7. The van der Waals surface area contributed by atoms with Crippen LogP contribution >= 0.6 is 0 Å². The van der Waals surface area contributed by atoms with Crippen LogP contribution in [-0.4, -0.2) is 87.5 Å². The van der Waals surface area contributed by atoms with Crippen LogP contribution in [-0.2, 0) is 14.1 Å². The Morgan fingerprint density at radius 2 is 0.697 bits per heavy atom. The van der Waals surface area contributed by atoms with Gasteiger partial charge in [0.25, 0.3) is 22.2 Å². The van der Waals surface area contributed by atoms with Crippen LogP contribution in [0.15, 0.2) is 275 Å². The van der Waals surface area contributed by atoms with E-state index in [-0.39, 0.29) is 45.6 Å². The summed E-state index contributed by atoms with van der Waals surface area (Å²) < 4.78 is 44.5. The van der Waals surface area contributed by atoms with Gasteiger partial charge in [0.1, 0.15) is 0 Å². The predicted octanol–water partition coefficient (Wildman–Crippen LogP) is 14.2. The van der Waals surface area contributed by atoms with E-state index in [1.807, 2.05) is 103 Å². The molecule has 0 bridgehead atoms. The number of H-pyrrole nitrogens is 1. The molecule has 0 saturated heterocycles. The van der Waals surface area contributed by atoms with Gasteiger partial charge < -0.3 is 30.1 Å². The van der Waals surface area contributed by atoms with Crippen LogP contribution in [0, 0.1) is 11.6 Å². The number of nitrogens with zero attached hydrogens (tertiary/aromatic N) is 14. The lowest BCUT2D eigenvalue weighted by Crippen LogP contribution is -2.18. The third-order valence-electron chi connectivity index (χ3n) is 18.9. The third kappa shape index (κ3) is 13.1. The molecule has 23 nitrogen and oxygen atoms in total. The lowest BCUT2D eigenvalue weighted by molar-refractivity contribution is 0.386. The number of fused-ring (bicyclic) bond motifs is 13. The van der Waals surface area contributed by atoms with Crippen molar-refractivity contribution in [1.29, 1.82) is 0 Å². The van der Waals surface area contributed by atoms with Crippen LogP contribution in [0.4, 0.5) is 20.7 Å².